The standard InChI is InChI=1S/C18H26FN3O2S/c1-2-9-22-10-7-16(8-11-22)21-18(24)13-25-12-17(23)20-15-5-3-14(19)4-6-15/h3-6,16H,2,7-13H2,1H3,(H,20,23)(H,21,24). The molecule has 5 nitrogen and oxygen atoms in total. The van der Waals surface area contributed by atoms with Crippen molar-refractivity contribution in [1.82, 2.24) is 10.2 Å². The van der Waals surface area contributed by atoms with Gasteiger partial charge in [0.05, 0.1) is 11.5 Å². The van der Waals surface area contributed by atoms with Crippen LogP contribution in [0.4, 0.5) is 10.1 Å². The first-order valence-electron chi connectivity index (χ1n) is 8.71. The number of rotatable bonds is 8. The fraction of sp³-hybridized carbons (Fsp3) is 0.556. The number of thioether (sulfide) groups is 1. The summed E-state index contributed by atoms with van der Waals surface area (Å²) in [5.41, 5.74) is 0.551. The van der Waals surface area contributed by atoms with Crippen LogP contribution in [0.15, 0.2) is 24.3 Å². The van der Waals surface area contributed by atoms with E-state index in [9.17, 15) is 14.0 Å². The van der Waals surface area contributed by atoms with E-state index < -0.39 is 0 Å². The fourth-order valence-electron chi connectivity index (χ4n) is 2.85. The van der Waals surface area contributed by atoms with Gasteiger partial charge in [0.15, 0.2) is 0 Å². The maximum absolute atomic E-state index is 12.8. The van der Waals surface area contributed by atoms with Gasteiger partial charge >= 0.3 is 0 Å². The Balaban J connectivity index is 1.59. The van der Waals surface area contributed by atoms with Gasteiger partial charge in [-0.25, -0.2) is 4.39 Å². The van der Waals surface area contributed by atoms with E-state index in [0.717, 1.165) is 38.9 Å². The number of hydrogen-bond donors (Lipinski definition) is 2. The highest BCUT2D eigenvalue weighted by molar-refractivity contribution is 8.00. The molecule has 1 aromatic rings. The molecule has 0 bridgehead atoms. The Labute approximate surface area is 152 Å². The maximum atomic E-state index is 12.8. The second-order valence-electron chi connectivity index (χ2n) is 6.23. The third kappa shape index (κ3) is 7.44. The minimum absolute atomic E-state index is 0.0199. The third-order valence-electron chi connectivity index (χ3n) is 4.09. The lowest BCUT2D eigenvalue weighted by Crippen LogP contribution is -2.45. The predicted molar refractivity (Wildman–Crippen MR) is 100 cm³/mol. The maximum Gasteiger partial charge on any atom is 0.234 e. The number of piperidine rings is 1. The van der Waals surface area contributed by atoms with Crippen LogP contribution in [0.3, 0.4) is 0 Å². The summed E-state index contributed by atoms with van der Waals surface area (Å²) < 4.78 is 12.8. The zero-order chi connectivity index (χ0) is 18.1. The number of anilines is 1. The SMILES string of the molecule is CCCN1CCC(NC(=O)CSCC(=O)Nc2ccc(F)cc2)CC1. The van der Waals surface area contributed by atoms with Crippen LogP contribution in [0.25, 0.3) is 0 Å². The molecule has 1 saturated heterocycles. The molecule has 0 aliphatic carbocycles. The molecular weight excluding hydrogens is 341 g/mol. The molecule has 1 fully saturated rings. The minimum Gasteiger partial charge on any atom is -0.353 e. The number of halogens is 1. The minimum atomic E-state index is -0.343. The van der Waals surface area contributed by atoms with Gasteiger partial charge in [0, 0.05) is 24.8 Å². The molecular formula is C18H26FN3O2S. The van der Waals surface area contributed by atoms with Crippen LogP contribution < -0.4 is 10.6 Å². The molecule has 0 radical (unpaired) electrons. The van der Waals surface area contributed by atoms with E-state index in [1.54, 1.807) is 0 Å². The highest BCUT2D eigenvalue weighted by Gasteiger charge is 2.20. The van der Waals surface area contributed by atoms with E-state index in [2.05, 4.69) is 22.5 Å². The molecule has 0 aromatic heterocycles. The lowest BCUT2D eigenvalue weighted by Gasteiger charge is -2.32. The van der Waals surface area contributed by atoms with Gasteiger partial charge in [-0.15, -0.1) is 11.8 Å². The van der Waals surface area contributed by atoms with E-state index in [0.29, 0.717) is 5.69 Å². The lowest BCUT2D eigenvalue weighted by molar-refractivity contribution is -0.119. The van der Waals surface area contributed by atoms with Gasteiger partial charge in [0.2, 0.25) is 11.8 Å². The Morgan fingerprint density at radius 2 is 1.80 bits per heavy atom. The number of carbonyl (C=O) groups is 2. The molecule has 1 aliphatic heterocycles. The first kappa shape index (κ1) is 19.7. The summed E-state index contributed by atoms with van der Waals surface area (Å²) in [6, 6.07) is 5.85. The summed E-state index contributed by atoms with van der Waals surface area (Å²) >= 11 is 1.28. The largest absolute Gasteiger partial charge is 0.353 e. The van der Waals surface area contributed by atoms with Gasteiger partial charge in [-0.2, -0.15) is 0 Å². The van der Waals surface area contributed by atoms with Crippen molar-refractivity contribution in [3.05, 3.63) is 30.1 Å². The normalized spacial score (nSPS) is 15.8. The van der Waals surface area contributed by atoms with Crippen molar-refractivity contribution < 1.29 is 14.0 Å². The molecule has 138 valence electrons. The number of amides is 2. The number of likely N-dealkylation sites (tertiary alicyclic amines) is 1. The zero-order valence-electron chi connectivity index (χ0n) is 14.6. The second-order valence-corrected chi connectivity index (χ2v) is 7.22. The van der Waals surface area contributed by atoms with Crippen LogP contribution in [0.5, 0.6) is 0 Å². The van der Waals surface area contributed by atoms with Gasteiger partial charge in [-0.05, 0) is 50.1 Å². The molecule has 2 amide bonds. The summed E-state index contributed by atoms with van der Waals surface area (Å²) in [4.78, 5) is 26.2. The highest BCUT2D eigenvalue weighted by atomic mass is 32.2. The third-order valence-corrected chi connectivity index (χ3v) is 5.02. The molecule has 2 rings (SSSR count). The van der Waals surface area contributed by atoms with Crippen molar-refractivity contribution in [2.75, 3.05) is 36.5 Å². The molecule has 7 heteroatoms. The van der Waals surface area contributed by atoms with Crippen molar-refractivity contribution in [3.63, 3.8) is 0 Å². The molecule has 1 aliphatic rings. The highest BCUT2D eigenvalue weighted by Crippen LogP contribution is 2.12. The second kappa shape index (κ2) is 10.4. The fourth-order valence-corrected chi connectivity index (χ4v) is 3.48. The van der Waals surface area contributed by atoms with Crippen LogP contribution in [-0.2, 0) is 9.59 Å². The molecule has 0 spiro atoms. The summed E-state index contributed by atoms with van der Waals surface area (Å²) in [5, 5.41) is 5.73. The van der Waals surface area contributed by atoms with Crippen molar-refractivity contribution in [1.29, 1.82) is 0 Å². The Morgan fingerprint density at radius 3 is 2.44 bits per heavy atom. The van der Waals surface area contributed by atoms with E-state index in [1.165, 1.54) is 36.0 Å². The summed E-state index contributed by atoms with van der Waals surface area (Å²) in [6.07, 6.45) is 3.14. The molecule has 1 aromatic carbocycles. The summed E-state index contributed by atoms with van der Waals surface area (Å²) in [7, 11) is 0. The van der Waals surface area contributed by atoms with Gasteiger partial charge in [-0.3, -0.25) is 9.59 Å². The van der Waals surface area contributed by atoms with Crippen LogP contribution in [0.2, 0.25) is 0 Å². The lowest BCUT2D eigenvalue weighted by atomic mass is 10.1. The number of benzene rings is 1. The average Bonchev–Trinajstić information content (AvgIpc) is 2.59. The smallest absolute Gasteiger partial charge is 0.234 e. The van der Waals surface area contributed by atoms with E-state index >= 15 is 0 Å². The van der Waals surface area contributed by atoms with Gasteiger partial charge in [0.25, 0.3) is 0 Å². The van der Waals surface area contributed by atoms with Crippen LogP contribution in [0, 0.1) is 5.82 Å². The zero-order valence-corrected chi connectivity index (χ0v) is 15.4. The number of carbonyl (C=O) groups excluding carboxylic acids is 2. The molecule has 0 saturated carbocycles. The Bertz CT molecular complexity index is 560. The predicted octanol–water partition coefficient (Wildman–Crippen LogP) is 2.49. The first-order valence-corrected chi connectivity index (χ1v) is 9.87. The molecule has 25 heavy (non-hydrogen) atoms. The van der Waals surface area contributed by atoms with E-state index in [1.807, 2.05) is 0 Å². The molecule has 2 N–H and O–H groups in total. The van der Waals surface area contributed by atoms with Gasteiger partial charge in [0.1, 0.15) is 5.82 Å². The summed E-state index contributed by atoms with van der Waals surface area (Å²) in [5.74, 6) is -0.0958. The molecule has 0 atom stereocenters. The quantitative estimate of drug-likeness (QED) is 0.741. The first-order chi connectivity index (χ1) is 12.1. The monoisotopic (exact) mass is 367 g/mol. The Morgan fingerprint density at radius 1 is 1.16 bits per heavy atom. The number of nitrogens with one attached hydrogen (secondary N) is 2. The molecule has 0 unspecified atom stereocenters. The van der Waals surface area contributed by atoms with Crippen molar-refractivity contribution in [2.45, 2.75) is 32.2 Å². The van der Waals surface area contributed by atoms with Crippen LogP contribution >= 0.6 is 11.8 Å². The topological polar surface area (TPSA) is 61.4 Å². The van der Waals surface area contributed by atoms with Crippen molar-refractivity contribution >= 4 is 29.3 Å². The van der Waals surface area contributed by atoms with Crippen molar-refractivity contribution in [2.24, 2.45) is 0 Å². The number of nitrogens with zero attached hydrogens (tertiary/aromatic N) is 1. The Hall–Kier alpha value is -1.60. The average molecular weight is 367 g/mol. The van der Waals surface area contributed by atoms with Crippen molar-refractivity contribution in [3.8, 4) is 0 Å². The van der Waals surface area contributed by atoms with Gasteiger partial charge < -0.3 is 15.5 Å². The van der Waals surface area contributed by atoms with Crippen LogP contribution in [0.1, 0.15) is 26.2 Å². The van der Waals surface area contributed by atoms with Gasteiger partial charge in [-0.1, -0.05) is 6.92 Å². The van der Waals surface area contributed by atoms with E-state index in [-0.39, 0.29) is 35.2 Å². The molecule has 1 heterocycles. The Kier molecular flexibility index (Phi) is 8.21. The summed E-state index contributed by atoms with van der Waals surface area (Å²) in [6.45, 7) is 5.37. The van der Waals surface area contributed by atoms with E-state index in [4.69, 9.17) is 0 Å². The number of hydrogen-bond acceptors (Lipinski definition) is 4. The van der Waals surface area contributed by atoms with Crippen LogP contribution in [-0.4, -0.2) is 53.9 Å².